The van der Waals surface area contributed by atoms with Crippen LogP contribution in [0, 0.1) is 5.92 Å². The summed E-state index contributed by atoms with van der Waals surface area (Å²) in [6, 6.07) is 7.43. The number of halogens is 1. The number of aliphatic hydroxyl groups excluding tert-OH is 1. The van der Waals surface area contributed by atoms with Gasteiger partial charge in [-0.15, -0.1) is 0 Å². The number of amides is 1. The maximum Gasteiger partial charge on any atom is 0.223 e. The Bertz CT molecular complexity index is 466. The van der Waals surface area contributed by atoms with Gasteiger partial charge < -0.3 is 15.2 Å². The van der Waals surface area contributed by atoms with Crippen LogP contribution >= 0.6 is 11.6 Å². The summed E-state index contributed by atoms with van der Waals surface area (Å²) in [5.41, 5.74) is 0.977. The number of rotatable bonds is 4. The molecule has 0 spiro atoms. The van der Waals surface area contributed by atoms with Gasteiger partial charge in [-0.3, -0.25) is 4.79 Å². The summed E-state index contributed by atoms with van der Waals surface area (Å²) >= 11 is 5.91. The molecule has 110 valence electrons. The van der Waals surface area contributed by atoms with Gasteiger partial charge in [-0.05, 0) is 37.0 Å². The van der Waals surface area contributed by atoms with Gasteiger partial charge >= 0.3 is 0 Å². The van der Waals surface area contributed by atoms with Crippen LogP contribution in [0.3, 0.4) is 0 Å². The summed E-state index contributed by atoms with van der Waals surface area (Å²) in [6.07, 6.45) is 1.16. The number of carbonyl (C=O) groups is 1. The molecule has 0 aliphatic heterocycles. The van der Waals surface area contributed by atoms with Crippen molar-refractivity contribution in [2.45, 2.75) is 38.0 Å². The van der Waals surface area contributed by atoms with Crippen molar-refractivity contribution in [2.75, 3.05) is 7.11 Å². The molecule has 0 bridgehead atoms. The highest BCUT2D eigenvalue weighted by Gasteiger charge is 2.32. The Kier molecular flexibility index (Phi) is 5.40. The highest BCUT2D eigenvalue weighted by atomic mass is 35.5. The van der Waals surface area contributed by atoms with Crippen molar-refractivity contribution in [1.82, 2.24) is 5.32 Å². The first-order valence-electron chi connectivity index (χ1n) is 6.83. The van der Waals surface area contributed by atoms with Crippen LogP contribution in [0.2, 0.25) is 5.02 Å². The Balaban J connectivity index is 1.86. The number of benzene rings is 1. The maximum atomic E-state index is 12.1. The van der Waals surface area contributed by atoms with E-state index < -0.39 is 6.10 Å². The monoisotopic (exact) mass is 297 g/mol. The van der Waals surface area contributed by atoms with Gasteiger partial charge in [0, 0.05) is 24.6 Å². The average molecular weight is 298 g/mol. The zero-order valence-corrected chi connectivity index (χ0v) is 12.3. The maximum absolute atomic E-state index is 12.1. The fourth-order valence-corrected chi connectivity index (χ4v) is 2.80. The molecule has 2 N–H and O–H groups in total. The number of methoxy groups -OCH3 is 1. The van der Waals surface area contributed by atoms with E-state index in [1.807, 2.05) is 18.2 Å². The van der Waals surface area contributed by atoms with Crippen LogP contribution < -0.4 is 5.32 Å². The molecular weight excluding hydrogens is 278 g/mol. The van der Waals surface area contributed by atoms with E-state index in [9.17, 15) is 9.90 Å². The van der Waals surface area contributed by atoms with E-state index in [4.69, 9.17) is 16.3 Å². The van der Waals surface area contributed by atoms with Crippen LogP contribution in [0.25, 0.3) is 0 Å². The molecule has 4 nitrogen and oxygen atoms in total. The lowest BCUT2D eigenvalue weighted by atomic mass is 9.84. The number of hydrogen-bond acceptors (Lipinski definition) is 3. The molecule has 1 fully saturated rings. The van der Waals surface area contributed by atoms with Crippen molar-refractivity contribution in [3.05, 3.63) is 34.9 Å². The fraction of sp³-hybridized carbons (Fsp3) is 0.533. The van der Waals surface area contributed by atoms with Crippen molar-refractivity contribution in [2.24, 2.45) is 5.92 Å². The molecular formula is C15H20ClNO3. The second kappa shape index (κ2) is 7.07. The third-order valence-corrected chi connectivity index (χ3v) is 4.02. The van der Waals surface area contributed by atoms with Gasteiger partial charge in [0.05, 0.1) is 12.2 Å². The van der Waals surface area contributed by atoms with Crippen molar-refractivity contribution in [1.29, 1.82) is 0 Å². The molecule has 0 heterocycles. The lowest BCUT2D eigenvalue weighted by molar-refractivity contribution is -0.130. The minimum atomic E-state index is -0.461. The Morgan fingerprint density at radius 2 is 2.30 bits per heavy atom. The van der Waals surface area contributed by atoms with E-state index in [-0.39, 0.29) is 17.9 Å². The second-order valence-corrected chi connectivity index (χ2v) is 5.64. The molecule has 0 unspecified atom stereocenters. The van der Waals surface area contributed by atoms with Crippen LogP contribution in [0.5, 0.6) is 0 Å². The highest BCUT2D eigenvalue weighted by Crippen LogP contribution is 2.26. The molecule has 2 rings (SSSR count). The standard InChI is InChI=1S/C15H20ClNO3/c1-20-14-8-11(5-6-13(14)18)15(19)17-9-10-3-2-4-12(16)7-10/h2-4,7,11,13-14,18H,5-6,8-9H2,1H3,(H,17,19)/t11-,13+,14-/m1/s1. The summed E-state index contributed by atoms with van der Waals surface area (Å²) < 4.78 is 5.21. The van der Waals surface area contributed by atoms with E-state index in [1.165, 1.54) is 0 Å². The Hall–Kier alpha value is -1.10. The van der Waals surface area contributed by atoms with Crippen molar-refractivity contribution in [3.63, 3.8) is 0 Å². The molecule has 5 heteroatoms. The van der Waals surface area contributed by atoms with Gasteiger partial charge in [0.2, 0.25) is 5.91 Å². The van der Waals surface area contributed by atoms with Crippen LogP contribution in [0.1, 0.15) is 24.8 Å². The smallest absolute Gasteiger partial charge is 0.223 e. The van der Waals surface area contributed by atoms with Gasteiger partial charge in [-0.1, -0.05) is 23.7 Å². The van der Waals surface area contributed by atoms with Gasteiger partial charge in [0.1, 0.15) is 0 Å². The fourth-order valence-electron chi connectivity index (χ4n) is 2.59. The topological polar surface area (TPSA) is 58.6 Å². The van der Waals surface area contributed by atoms with Gasteiger partial charge in [-0.2, -0.15) is 0 Å². The molecule has 1 aliphatic rings. The minimum absolute atomic E-state index is 0.0129. The number of hydrogen-bond donors (Lipinski definition) is 2. The summed E-state index contributed by atoms with van der Waals surface area (Å²) in [4.78, 5) is 12.1. The number of aliphatic hydroxyl groups is 1. The van der Waals surface area contributed by atoms with Crippen LogP contribution in [-0.4, -0.2) is 30.3 Å². The van der Waals surface area contributed by atoms with Crippen molar-refractivity contribution < 1.29 is 14.6 Å². The minimum Gasteiger partial charge on any atom is -0.390 e. The summed E-state index contributed by atoms with van der Waals surface area (Å²) in [5, 5.41) is 13.3. The summed E-state index contributed by atoms with van der Waals surface area (Å²) in [6.45, 7) is 0.468. The lowest BCUT2D eigenvalue weighted by Gasteiger charge is -2.31. The van der Waals surface area contributed by atoms with E-state index in [1.54, 1.807) is 13.2 Å². The first-order chi connectivity index (χ1) is 9.60. The highest BCUT2D eigenvalue weighted by molar-refractivity contribution is 6.30. The largest absolute Gasteiger partial charge is 0.390 e. The van der Waals surface area contributed by atoms with E-state index in [2.05, 4.69) is 5.32 Å². The molecule has 3 atom stereocenters. The summed E-state index contributed by atoms with van der Waals surface area (Å²) in [7, 11) is 1.57. The summed E-state index contributed by atoms with van der Waals surface area (Å²) in [5.74, 6) is -0.0820. The quantitative estimate of drug-likeness (QED) is 0.895. The predicted octanol–water partition coefficient (Wildman–Crippen LogP) is 2.13. The molecule has 1 aliphatic carbocycles. The Labute approximate surface area is 124 Å². The number of carbonyl (C=O) groups excluding carboxylic acids is 1. The van der Waals surface area contributed by atoms with Crippen molar-refractivity contribution in [3.8, 4) is 0 Å². The first-order valence-corrected chi connectivity index (χ1v) is 7.21. The van der Waals surface area contributed by atoms with Gasteiger partial charge in [0.25, 0.3) is 0 Å². The zero-order valence-electron chi connectivity index (χ0n) is 11.5. The zero-order chi connectivity index (χ0) is 14.5. The van der Waals surface area contributed by atoms with Crippen LogP contribution in [-0.2, 0) is 16.1 Å². The molecule has 1 saturated carbocycles. The molecule has 20 heavy (non-hydrogen) atoms. The van der Waals surface area contributed by atoms with E-state index >= 15 is 0 Å². The molecule has 1 amide bonds. The van der Waals surface area contributed by atoms with E-state index in [0.717, 1.165) is 5.56 Å². The number of ether oxygens (including phenoxy) is 1. The predicted molar refractivity (Wildman–Crippen MR) is 77.4 cm³/mol. The third-order valence-electron chi connectivity index (χ3n) is 3.79. The van der Waals surface area contributed by atoms with Crippen LogP contribution in [0.4, 0.5) is 0 Å². The molecule has 1 aromatic carbocycles. The normalized spacial score (nSPS) is 26.2. The van der Waals surface area contributed by atoms with E-state index in [0.29, 0.717) is 30.8 Å². The molecule has 0 radical (unpaired) electrons. The van der Waals surface area contributed by atoms with Crippen LogP contribution in [0.15, 0.2) is 24.3 Å². The molecule has 1 aromatic rings. The van der Waals surface area contributed by atoms with Gasteiger partial charge in [0.15, 0.2) is 0 Å². The average Bonchev–Trinajstić information content (AvgIpc) is 2.45. The van der Waals surface area contributed by atoms with Gasteiger partial charge in [-0.25, -0.2) is 0 Å². The first kappa shape index (κ1) is 15.3. The SMILES string of the molecule is CO[C@@H]1C[C@H](C(=O)NCc2cccc(Cl)c2)CC[C@@H]1O. The third kappa shape index (κ3) is 3.95. The second-order valence-electron chi connectivity index (χ2n) is 5.20. The van der Waals surface area contributed by atoms with Crippen molar-refractivity contribution >= 4 is 17.5 Å². The number of nitrogens with one attached hydrogen (secondary N) is 1. The Morgan fingerprint density at radius 1 is 1.50 bits per heavy atom. The molecule has 0 aromatic heterocycles. The molecule has 0 saturated heterocycles. The Morgan fingerprint density at radius 3 is 3.00 bits per heavy atom. The lowest BCUT2D eigenvalue weighted by Crippen LogP contribution is -2.41.